The molecule has 92 valence electrons. The molecule has 0 aromatic rings. The second-order valence-corrected chi connectivity index (χ2v) is 3.64. The van der Waals surface area contributed by atoms with E-state index < -0.39 is 35.9 Å². The van der Waals surface area contributed by atoms with E-state index in [9.17, 15) is 14.4 Å². The lowest BCUT2D eigenvalue weighted by Crippen LogP contribution is -2.56. The first-order valence-corrected chi connectivity index (χ1v) is 4.81. The average molecular weight is 231 g/mol. The fourth-order valence-electron chi connectivity index (χ4n) is 1.04. The molecule has 0 heterocycles. The molecule has 0 radical (unpaired) electrons. The van der Waals surface area contributed by atoms with Crippen LogP contribution in [0.1, 0.15) is 20.8 Å². The number of nitrogens with zero attached hydrogens (tertiary/aromatic N) is 1. The second kappa shape index (κ2) is 5.57. The van der Waals surface area contributed by atoms with Gasteiger partial charge in [0, 0.05) is 0 Å². The molecule has 0 rings (SSSR count). The lowest BCUT2D eigenvalue weighted by Gasteiger charge is -2.27. The molecule has 0 bridgehead atoms. The number of carboxylic acids is 1. The summed E-state index contributed by atoms with van der Waals surface area (Å²) in [5.74, 6) is -2.79. The summed E-state index contributed by atoms with van der Waals surface area (Å²) in [7, 11) is 0. The van der Waals surface area contributed by atoms with E-state index in [0.29, 0.717) is 4.90 Å². The van der Waals surface area contributed by atoms with Crippen LogP contribution in [0.2, 0.25) is 0 Å². The molecule has 0 aliphatic carbocycles. The lowest BCUT2D eigenvalue weighted by molar-refractivity contribution is -0.158. The number of carbonyl (C=O) groups is 3. The van der Waals surface area contributed by atoms with Gasteiger partial charge in [-0.15, -0.1) is 0 Å². The van der Waals surface area contributed by atoms with Crippen molar-refractivity contribution in [2.75, 3.05) is 0 Å². The number of aliphatic carboxylic acids is 1. The summed E-state index contributed by atoms with van der Waals surface area (Å²) in [6.45, 7) is 3.97. The predicted molar refractivity (Wildman–Crippen MR) is 56.2 cm³/mol. The van der Waals surface area contributed by atoms with Crippen molar-refractivity contribution in [3.8, 4) is 0 Å². The number of imide groups is 1. The van der Waals surface area contributed by atoms with Gasteiger partial charge in [-0.05, 0) is 20.8 Å². The Morgan fingerprint density at radius 2 is 1.31 bits per heavy atom. The van der Waals surface area contributed by atoms with Crippen LogP contribution in [-0.2, 0) is 14.4 Å². The third-order valence-electron chi connectivity index (χ3n) is 2.00. The Labute approximate surface area is 93.4 Å². The number of nitrogens with two attached hydrogens (primary N) is 2. The number of hydrogen-bond acceptors (Lipinski definition) is 5. The standard InChI is InChI=1S/C9H17N3O4/c1-4(10)7(13)12(6(3)9(15)16)8(14)5(2)11/h4-6H,10-11H2,1-3H3,(H,15,16)/t4-,5+,6-/m1/s1. The third-order valence-corrected chi connectivity index (χ3v) is 2.00. The van der Waals surface area contributed by atoms with Gasteiger partial charge in [-0.2, -0.15) is 0 Å². The van der Waals surface area contributed by atoms with Crippen LogP contribution in [0.5, 0.6) is 0 Å². The van der Waals surface area contributed by atoms with Crippen molar-refractivity contribution in [2.45, 2.75) is 38.9 Å². The van der Waals surface area contributed by atoms with Crippen LogP contribution in [0.25, 0.3) is 0 Å². The number of carboxylic acid groups (broad SMARTS) is 1. The maximum absolute atomic E-state index is 11.6. The minimum absolute atomic E-state index is 0.595. The maximum atomic E-state index is 11.6. The number of rotatable bonds is 4. The molecular weight excluding hydrogens is 214 g/mol. The lowest BCUT2D eigenvalue weighted by atomic mass is 10.2. The molecule has 0 saturated heterocycles. The molecule has 0 aliphatic rings. The first kappa shape index (κ1) is 14.5. The van der Waals surface area contributed by atoms with Crippen LogP contribution in [0.15, 0.2) is 0 Å². The molecule has 3 atom stereocenters. The normalized spacial score (nSPS) is 16.1. The Hall–Kier alpha value is -1.47. The molecule has 7 nitrogen and oxygen atoms in total. The van der Waals surface area contributed by atoms with Crippen molar-refractivity contribution in [1.82, 2.24) is 4.90 Å². The summed E-state index contributed by atoms with van der Waals surface area (Å²) in [6.07, 6.45) is 0. The van der Waals surface area contributed by atoms with Crippen molar-refractivity contribution in [1.29, 1.82) is 0 Å². The molecule has 0 spiro atoms. The average Bonchev–Trinajstić information content (AvgIpc) is 2.16. The summed E-state index contributed by atoms with van der Waals surface area (Å²) in [4.78, 5) is 34.6. The van der Waals surface area contributed by atoms with Gasteiger partial charge in [0.25, 0.3) is 0 Å². The molecule has 0 fully saturated rings. The van der Waals surface area contributed by atoms with E-state index in [4.69, 9.17) is 16.6 Å². The molecule has 2 amide bonds. The van der Waals surface area contributed by atoms with Crippen LogP contribution in [0.3, 0.4) is 0 Å². The second-order valence-electron chi connectivity index (χ2n) is 3.64. The molecule has 5 N–H and O–H groups in total. The Morgan fingerprint density at radius 1 is 1.00 bits per heavy atom. The molecule has 0 aromatic carbocycles. The SMILES string of the molecule is C[C@H](N)C(=O)N(C(=O)[C@@H](C)N)[C@H](C)C(=O)O. The number of amides is 2. The quantitative estimate of drug-likeness (QED) is 0.541. The summed E-state index contributed by atoms with van der Waals surface area (Å²) in [6, 6.07) is -3.19. The van der Waals surface area contributed by atoms with Gasteiger partial charge in [-0.3, -0.25) is 14.5 Å². The van der Waals surface area contributed by atoms with Crippen LogP contribution in [-0.4, -0.2) is 45.9 Å². The van der Waals surface area contributed by atoms with Crippen molar-refractivity contribution >= 4 is 17.8 Å². The Balaban J connectivity index is 5.13. The van der Waals surface area contributed by atoms with Crippen LogP contribution in [0, 0.1) is 0 Å². The number of hydrogen-bond donors (Lipinski definition) is 3. The van der Waals surface area contributed by atoms with Gasteiger partial charge in [-0.25, -0.2) is 4.79 Å². The first-order valence-electron chi connectivity index (χ1n) is 4.81. The molecule has 0 aromatic heterocycles. The van der Waals surface area contributed by atoms with E-state index >= 15 is 0 Å². The highest BCUT2D eigenvalue weighted by molar-refractivity contribution is 6.02. The van der Waals surface area contributed by atoms with E-state index in [1.54, 1.807) is 0 Å². The highest BCUT2D eigenvalue weighted by atomic mass is 16.4. The predicted octanol–water partition coefficient (Wildman–Crippen LogP) is -1.49. The summed E-state index contributed by atoms with van der Waals surface area (Å²) < 4.78 is 0. The number of carbonyl (C=O) groups excluding carboxylic acids is 2. The third kappa shape index (κ3) is 3.28. The zero-order valence-corrected chi connectivity index (χ0v) is 9.51. The van der Waals surface area contributed by atoms with E-state index in [0.717, 1.165) is 0 Å². The molecule has 0 saturated carbocycles. The van der Waals surface area contributed by atoms with Gasteiger partial charge in [0.15, 0.2) is 0 Å². The Morgan fingerprint density at radius 3 is 1.50 bits per heavy atom. The highest BCUT2D eigenvalue weighted by Crippen LogP contribution is 2.05. The molecule has 7 heteroatoms. The Bertz CT molecular complexity index is 281. The zero-order valence-electron chi connectivity index (χ0n) is 9.51. The largest absolute Gasteiger partial charge is 0.480 e. The fraction of sp³-hybridized carbons (Fsp3) is 0.667. The van der Waals surface area contributed by atoms with Crippen molar-refractivity contribution in [2.24, 2.45) is 11.5 Å². The minimum atomic E-state index is -1.29. The molecule has 0 aliphatic heterocycles. The van der Waals surface area contributed by atoms with Crippen molar-refractivity contribution < 1.29 is 19.5 Å². The summed E-state index contributed by atoms with van der Waals surface area (Å²) in [5.41, 5.74) is 10.7. The van der Waals surface area contributed by atoms with E-state index in [1.807, 2.05) is 0 Å². The van der Waals surface area contributed by atoms with Gasteiger partial charge >= 0.3 is 5.97 Å². The first-order chi connectivity index (χ1) is 7.20. The van der Waals surface area contributed by atoms with Gasteiger partial charge in [0.05, 0.1) is 12.1 Å². The van der Waals surface area contributed by atoms with Gasteiger partial charge in [0.1, 0.15) is 6.04 Å². The molecule has 16 heavy (non-hydrogen) atoms. The van der Waals surface area contributed by atoms with Crippen LogP contribution in [0.4, 0.5) is 0 Å². The zero-order chi connectivity index (χ0) is 13.0. The van der Waals surface area contributed by atoms with Gasteiger partial charge in [-0.1, -0.05) is 0 Å². The Kier molecular flexibility index (Phi) is 5.06. The van der Waals surface area contributed by atoms with Gasteiger partial charge in [0.2, 0.25) is 11.8 Å². The monoisotopic (exact) mass is 231 g/mol. The molecular formula is C9H17N3O4. The summed E-state index contributed by atoms with van der Waals surface area (Å²) >= 11 is 0. The van der Waals surface area contributed by atoms with Crippen LogP contribution < -0.4 is 11.5 Å². The highest BCUT2D eigenvalue weighted by Gasteiger charge is 2.34. The smallest absolute Gasteiger partial charge is 0.326 e. The summed E-state index contributed by atoms with van der Waals surface area (Å²) in [5, 5.41) is 8.79. The fourth-order valence-corrected chi connectivity index (χ4v) is 1.04. The molecule has 0 unspecified atom stereocenters. The van der Waals surface area contributed by atoms with Gasteiger partial charge < -0.3 is 16.6 Å². The van der Waals surface area contributed by atoms with E-state index in [2.05, 4.69) is 0 Å². The maximum Gasteiger partial charge on any atom is 0.326 e. The van der Waals surface area contributed by atoms with E-state index in [-0.39, 0.29) is 0 Å². The topological polar surface area (TPSA) is 127 Å². The van der Waals surface area contributed by atoms with Crippen LogP contribution >= 0.6 is 0 Å². The van der Waals surface area contributed by atoms with E-state index in [1.165, 1.54) is 20.8 Å². The minimum Gasteiger partial charge on any atom is -0.480 e. The van der Waals surface area contributed by atoms with Crippen molar-refractivity contribution in [3.63, 3.8) is 0 Å². The van der Waals surface area contributed by atoms with Crippen molar-refractivity contribution in [3.05, 3.63) is 0 Å².